The fraction of sp³-hybridized carbons (Fsp3) is 0.111. The van der Waals surface area contributed by atoms with Gasteiger partial charge in [0.1, 0.15) is 0 Å². The first-order chi connectivity index (χ1) is 6.82. The molecule has 0 saturated heterocycles. The van der Waals surface area contributed by atoms with Gasteiger partial charge >= 0.3 is 6.18 Å². The Morgan fingerprint density at radius 2 is 1.47 bits per heavy atom. The minimum atomic E-state index is -5.32. The second-order valence-corrected chi connectivity index (χ2v) is 3.07. The third kappa shape index (κ3) is 2.92. The van der Waals surface area contributed by atoms with Crippen LogP contribution in [-0.2, 0) is 0 Å². The fourth-order valence-electron chi connectivity index (χ4n) is 0.847. The third-order valence-electron chi connectivity index (χ3n) is 1.54. The number of allylic oxidation sites excluding steroid dienone is 1. The van der Waals surface area contributed by atoms with Crippen LogP contribution in [-0.4, -0.2) is 6.18 Å². The molecule has 0 aromatic heterocycles. The van der Waals surface area contributed by atoms with Crippen molar-refractivity contribution < 1.29 is 22.0 Å². The summed E-state index contributed by atoms with van der Waals surface area (Å²) in [4.78, 5) is 0. The average molecular weight is 243 g/mol. The van der Waals surface area contributed by atoms with Gasteiger partial charge < -0.3 is 0 Å². The highest BCUT2D eigenvalue weighted by Crippen LogP contribution is 2.34. The Hall–Kier alpha value is -1.10. The van der Waals surface area contributed by atoms with Crippen molar-refractivity contribution in [3.63, 3.8) is 0 Å². The normalized spacial score (nSPS) is 13.7. The van der Waals surface area contributed by atoms with Crippen LogP contribution in [0.1, 0.15) is 5.56 Å². The van der Waals surface area contributed by atoms with Gasteiger partial charge in [-0.05, 0) is 12.1 Å². The van der Waals surface area contributed by atoms with E-state index in [2.05, 4.69) is 0 Å². The van der Waals surface area contributed by atoms with Crippen molar-refractivity contribution in [3.8, 4) is 0 Å². The number of alkyl halides is 3. The zero-order chi connectivity index (χ0) is 11.6. The van der Waals surface area contributed by atoms with Gasteiger partial charge in [-0.2, -0.15) is 17.6 Å². The molecule has 0 atom stereocenters. The minimum absolute atomic E-state index is 0.221. The lowest BCUT2D eigenvalue weighted by Crippen LogP contribution is -2.09. The molecule has 0 spiro atoms. The molecule has 1 aromatic rings. The lowest BCUT2D eigenvalue weighted by Gasteiger charge is -2.05. The first-order valence-electron chi connectivity index (χ1n) is 3.71. The molecule has 0 amide bonds. The van der Waals surface area contributed by atoms with Crippen molar-refractivity contribution >= 4 is 17.4 Å². The van der Waals surface area contributed by atoms with Crippen molar-refractivity contribution in [2.75, 3.05) is 0 Å². The SMILES string of the molecule is F/C(=C(\F)C(F)(F)F)c1ccc(Cl)cc1. The quantitative estimate of drug-likeness (QED) is 0.636. The maximum atomic E-state index is 12.9. The largest absolute Gasteiger partial charge is 0.445 e. The lowest BCUT2D eigenvalue weighted by molar-refractivity contribution is -0.108. The molecule has 15 heavy (non-hydrogen) atoms. The van der Waals surface area contributed by atoms with E-state index in [-0.39, 0.29) is 5.02 Å². The molecule has 0 radical (unpaired) electrons. The molecule has 1 aromatic carbocycles. The van der Waals surface area contributed by atoms with Crippen LogP contribution >= 0.6 is 11.6 Å². The molecule has 0 aliphatic carbocycles. The molecule has 82 valence electrons. The molecular weight excluding hydrogens is 239 g/mol. The van der Waals surface area contributed by atoms with Crippen LogP contribution in [0.3, 0.4) is 0 Å². The number of halogens is 6. The van der Waals surface area contributed by atoms with Crippen LogP contribution in [0.25, 0.3) is 5.83 Å². The number of benzene rings is 1. The van der Waals surface area contributed by atoms with Crippen molar-refractivity contribution in [2.24, 2.45) is 0 Å². The highest BCUT2D eigenvalue weighted by Gasteiger charge is 2.38. The number of hydrogen-bond donors (Lipinski definition) is 0. The Balaban J connectivity index is 3.14. The van der Waals surface area contributed by atoms with E-state index in [9.17, 15) is 22.0 Å². The molecule has 0 aliphatic heterocycles. The van der Waals surface area contributed by atoms with E-state index in [1.54, 1.807) is 0 Å². The van der Waals surface area contributed by atoms with Crippen molar-refractivity contribution in [1.82, 2.24) is 0 Å². The van der Waals surface area contributed by atoms with Crippen LogP contribution in [0.4, 0.5) is 22.0 Å². The van der Waals surface area contributed by atoms with Crippen LogP contribution in [0.2, 0.25) is 5.02 Å². The van der Waals surface area contributed by atoms with E-state index in [4.69, 9.17) is 11.6 Å². The smallest absolute Gasteiger partial charge is 0.203 e. The molecular formula is C9H4ClF5. The van der Waals surface area contributed by atoms with E-state index < -0.39 is 23.4 Å². The highest BCUT2D eigenvalue weighted by molar-refractivity contribution is 6.30. The summed E-state index contributed by atoms with van der Waals surface area (Å²) in [7, 11) is 0. The summed E-state index contributed by atoms with van der Waals surface area (Å²) < 4.78 is 60.6. The Morgan fingerprint density at radius 3 is 1.87 bits per heavy atom. The summed E-state index contributed by atoms with van der Waals surface area (Å²) in [6.07, 6.45) is -5.32. The number of rotatable bonds is 1. The Kier molecular flexibility index (Phi) is 3.34. The molecule has 0 unspecified atom stereocenters. The van der Waals surface area contributed by atoms with Gasteiger partial charge in [0.2, 0.25) is 5.83 Å². The average Bonchev–Trinajstić information content (AvgIpc) is 2.15. The Morgan fingerprint density at radius 1 is 1.00 bits per heavy atom. The molecule has 0 heterocycles. The lowest BCUT2D eigenvalue weighted by atomic mass is 10.2. The molecule has 0 bridgehead atoms. The standard InChI is InChI=1S/C9H4ClF5/c10-6-3-1-5(2-4-6)7(11)8(12)9(13,14)15/h1-4H/b8-7-. The van der Waals surface area contributed by atoms with E-state index >= 15 is 0 Å². The molecule has 6 heteroatoms. The summed E-state index contributed by atoms with van der Waals surface area (Å²) in [6.45, 7) is 0. The van der Waals surface area contributed by atoms with Gasteiger partial charge in [-0.3, -0.25) is 0 Å². The monoisotopic (exact) mass is 242 g/mol. The van der Waals surface area contributed by atoms with Crippen molar-refractivity contribution in [1.29, 1.82) is 0 Å². The Bertz CT molecular complexity index is 376. The van der Waals surface area contributed by atoms with Gasteiger partial charge in [0.15, 0.2) is 5.83 Å². The van der Waals surface area contributed by atoms with Crippen LogP contribution in [0, 0.1) is 0 Å². The zero-order valence-electron chi connectivity index (χ0n) is 7.08. The van der Waals surface area contributed by atoms with Gasteiger partial charge in [-0.1, -0.05) is 23.7 Å². The molecule has 0 aliphatic rings. The van der Waals surface area contributed by atoms with E-state index in [0.717, 1.165) is 12.1 Å². The van der Waals surface area contributed by atoms with Gasteiger partial charge in [0.05, 0.1) is 0 Å². The second kappa shape index (κ2) is 4.18. The molecule has 0 fully saturated rings. The zero-order valence-corrected chi connectivity index (χ0v) is 7.83. The van der Waals surface area contributed by atoms with Crippen LogP contribution in [0.5, 0.6) is 0 Å². The maximum absolute atomic E-state index is 12.9. The van der Waals surface area contributed by atoms with Gasteiger partial charge in [0.25, 0.3) is 0 Å². The van der Waals surface area contributed by atoms with E-state index in [1.165, 1.54) is 12.1 Å². The summed E-state index contributed by atoms with van der Waals surface area (Å²) >= 11 is 5.43. The summed E-state index contributed by atoms with van der Waals surface area (Å²) in [5.41, 5.74) is -0.505. The van der Waals surface area contributed by atoms with Crippen LogP contribution in [0.15, 0.2) is 30.1 Å². The number of hydrogen-bond acceptors (Lipinski definition) is 0. The minimum Gasteiger partial charge on any atom is -0.203 e. The van der Waals surface area contributed by atoms with E-state index in [0.29, 0.717) is 0 Å². The summed E-state index contributed by atoms with van der Waals surface area (Å²) in [5, 5.41) is 0.221. The molecule has 0 saturated carbocycles. The van der Waals surface area contributed by atoms with Gasteiger partial charge in [-0.15, -0.1) is 0 Å². The van der Waals surface area contributed by atoms with Crippen molar-refractivity contribution in [3.05, 3.63) is 40.7 Å². The second-order valence-electron chi connectivity index (χ2n) is 2.63. The first-order valence-corrected chi connectivity index (χ1v) is 4.08. The van der Waals surface area contributed by atoms with Gasteiger partial charge in [-0.25, -0.2) is 4.39 Å². The highest BCUT2D eigenvalue weighted by atomic mass is 35.5. The predicted octanol–water partition coefficient (Wildman–Crippen LogP) is 4.51. The molecule has 0 nitrogen and oxygen atoms in total. The first kappa shape index (κ1) is 12.0. The third-order valence-corrected chi connectivity index (χ3v) is 1.79. The maximum Gasteiger partial charge on any atom is 0.445 e. The van der Waals surface area contributed by atoms with Crippen LogP contribution < -0.4 is 0 Å². The topological polar surface area (TPSA) is 0 Å². The molecule has 1 rings (SSSR count). The fourth-order valence-corrected chi connectivity index (χ4v) is 0.973. The summed E-state index contributed by atoms with van der Waals surface area (Å²) in [6, 6.07) is 4.26. The van der Waals surface area contributed by atoms with Gasteiger partial charge in [0, 0.05) is 10.6 Å². The molecule has 0 N–H and O–H groups in total. The predicted molar refractivity (Wildman–Crippen MR) is 46.6 cm³/mol. The Labute approximate surface area is 87.0 Å². The van der Waals surface area contributed by atoms with E-state index in [1.807, 2.05) is 0 Å². The summed E-state index contributed by atoms with van der Waals surface area (Å²) in [5.74, 6) is -4.69. The van der Waals surface area contributed by atoms with Crippen molar-refractivity contribution in [2.45, 2.75) is 6.18 Å².